The molecule has 17 heavy (non-hydrogen) atoms. The summed E-state index contributed by atoms with van der Waals surface area (Å²) in [5.74, 6) is 0.122. The van der Waals surface area contributed by atoms with Crippen LogP contribution in [-0.2, 0) is 4.79 Å². The van der Waals surface area contributed by atoms with Crippen molar-refractivity contribution in [1.82, 2.24) is 0 Å². The first-order valence-electron chi connectivity index (χ1n) is 6.04. The molecule has 0 bridgehead atoms. The Morgan fingerprint density at radius 2 is 2.12 bits per heavy atom. The Morgan fingerprint density at radius 1 is 1.47 bits per heavy atom. The van der Waals surface area contributed by atoms with Gasteiger partial charge in [0, 0.05) is 4.83 Å². The van der Waals surface area contributed by atoms with Crippen LogP contribution in [0.3, 0.4) is 0 Å². The normalized spacial score (nSPS) is 26.4. The predicted octanol–water partition coefficient (Wildman–Crippen LogP) is 4.59. The molecule has 0 fully saturated rings. The maximum Gasteiger partial charge on any atom is 0.180 e. The van der Waals surface area contributed by atoms with E-state index in [4.69, 9.17) is 0 Å². The molecule has 1 atom stereocenters. The van der Waals surface area contributed by atoms with Gasteiger partial charge in [-0.25, -0.2) is 0 Å². The Bertz CT molecular complexity index is 374. The van der Waals surface area contributed by atoms with E-state index in [0.717, 1.165) is 24.8 Å². The molecule has 0 aromatic carbocycles. The number of carbonyl (C=O) groups excluding carboxylic acids is 1. The number of hydrogen-bond donors (Lipinski definition) is 0. The smallest absolute Gasteiger partial charge is 0.180 e. The van der Waals surface area contributed by atoms with Gasteiger partial charge in [0.1, 0.15) is 0 Å². The zero-order valence-corrected chi connectivity index (χ0v) is 12.5. The van der Waals surface area contributed by atoms with E-state index in [2.05, 4.69) is 36.4 Å². The van der Waals surface area contributed by atoms with Crippen LogP contribution in [0.25, 0.3) is 0 Å². The molecule has 0 saturated carbocycles. The molecular weight excluding hydrogens is 276 g/mol. The molecule has 0 spiro atoms. The largest absolute Gasteiger partial charge is 0.290 e. The first-order valence-corrected chi connectivity index (χ1v) is 6.95. The standard InChI is InChI=1S/C15H21BrO/c1-11-6-5-7-12(2)14(17)8-9-15(3,4)10-13(11)16/h7-9,13H,1,5-6,10H2,2-4H3. The Labute approximate surface area is 113 Å². The molecule has 0 aromatic rings. The Hall–Kier alpha value is -0.630. The average Bonchev–Trinajstić information content (AvgIpc) is 2.24. The van der Waals surface area contributed by atoms with Gasteiger partial charge in [0.15, 0.2) is 5.78 Å². The van der Waals surface area contributed by atoms with Gasteiger partial charge in [0.05, 0.1) is 0 Å². The van der Waals surface area contributed by atoms with Crippen molar-refractivity contribution in [3.8, 4) is 0 Å². The van der Waals surface area contributed by atoms with E-state index in [0.29, 0.717) is 4.83 Å². The van der Waals surface area contributed by atoms with Crippen LogP contribution < -0.4 is 0 Å². The summed E-state index contributed by atoms with van der Waals surface area (Å²) in [5.41, 5.74) is 2.06. The fraction of sp³-hybridized carbons (Fsp3) is 0.533. The lowest BCUT2D eigenvalue weighted by Crippen LogP contribution is -2.16. The van der Waals surface area contributed by atoms with E-state index in [1.807, 2.05) is 19.1 Å². The predicted molar refractivity (Wildman–Crippen MR) is 77.4 cm³/mol. The molecule has 0 amide bonds. The highest BCUT2D eigenvalue weighted by atomic mass is 79.9. The molecule has 1 rings (SSSR count). The molecule has 0 radical (unpaired) electrons. The summed E-state index contributed by atoms with van der Waals surface area (Å²) in [4.78, 5) is 12.1. The molecule has 0 saturated heterocycles. The Morgan fingerprint density at radius 3 is 2.76 bits per heavy atom. The van der Waals surface area contributed by atoms with Crippen molar-refractivity contribution in [3.63, 3.8) is 0 Å². The van der Waals surface area contributed by atoms with Crippen LogP contribution in [-0.4, -0.2) is 10.6 Å². The van der Waals surface area contributed by atoms with E-state index in [-0.39, 0.29) is 11.2 Å². The molecule has 1 aliphatic carbocycles. The van der Waals surface area contributed by atoms with E-state index in [9.17, 15) is 4.79 Å². The quantitative estimate of drug-likeness (QED) is 0.472. The third kappa shape index (κ3) is 4.63. The van der Waals surface area contributed by atoms with Gasteiger partial charge in [-0.3, -0.25) is 4.79 Å². The van der Waals surface area contributed by atoms with Crippen molar-refractivity contribution in [2.45, 2.75) is 44.9 Å². The monoisotopic (exact) mass is 296 g/mol. The first kappa shape index (κ1) is 14.4. The Balaban J connectivity index is 2.97. The summed E-state index contributed by atoms with van der Waals surface area (Å²) in [6, 6.07) is 0. The number of rotatable bonds is 0. The van der Waals surface area contributed by atoms with Crippen LogP contribution in [0.2, 0.25) is 0 Å². The summed E-state index contributed by atoms with van der Waals surface area (Å²) in [6.07, 6.45) is 8.53. The van der Waals surface area contributed by atoms with Crippen molar-refractivity contribution in [2.75, 3.05) is 0 Å². The van der Waals surface area contributed by atoms with Crippen molar-refractivity contribution in [2.24, 2.45) is 5.41 Å². The van der Waals surface area contributed by atoms with Crippen LogP contribution in [0.5, 0.6) is 0 Å². The van der Waals surface area contributed by atoms with Crippen LogP contribution >= 0.6 is 15.9 Å². The lowest BCUT2D eigenvalue weighted by atomic mass is 9.85. The van der Waals surface area contributed by atoms with Crippen molar-refractivity contribution in [1.29, 1.82) is 0 Å². The van der Waals surface area contributed by atoms with Gasteiger partial charge in [-0.15, -0.1) is 0 Å². The highest BCUT2D eigenvalue weighted by molar-refractivity contribution is 9.09. The fourth-order valence-corrected chi connectivity index (χ4v) is 2.90. The SMILES string of the molecule is C=C1CCC=C(C)C(=O)C=CC(C)(C)CC1Br. The molecule has 1 nitrogen and oxygen atoms in total. The topological polar surface area (TPSA) is 17.1 Å². The average molecular weight is 297 g/mol. The van der Waals surface area contributed by atoms with Gasteiger partial charge in [-0.1, -0.05) is 54.1 Å². The number of allylic oxidation sites excluding steroid dienone is 5. The lowest BCUT2D eigenvalue weighted by Gasteiger charge is -2.24. The summed E-state index contributed by atoms with van der Waals surface area (Å²) < 4.78 is 0. The second-order valence-corrected chi connectivity index (χ2v) is 6.55. The summed E-state index contributed by atoms with van der Waals surface area (Å²) in [6.45, 7) is 10.3. The van der Waals surface area contributed by atoms with E-state index < -0.39 is 0 Å². The van der Waals surface area contributed by atoms with Gasteiger partial charge in [-0.05, 0) is 43.3 Å². The van der Waals surface area contributed by atoms with Crippen molar-refractivity contribution in [3.05, 3.63) is 36.0 Å². The zero-order chi connectivity index (χ0) is 13.1. The minimum atomic E-state index is 0.0113. The second kappa shape index (κ2) is 5.81. The maximum absolute atomic E-state index is 11.8. The van der Waals surface area contributed by atoms with Gasteiger partial charge in [-0.2, -0.15) is 0 Å². The number of hydrogen-bond acceptors (Lipinski definition) is 1. The molecule has 94 valence electrons. The van der Waals surface area contributed by atoms with Crippen LogP contribution in [0.1, 0.15) is 40.0 Å². The second-order valence-electron chi connectivity index (χ2n) is 5.44. The highest BCUT2D eigenvalue weighted by Gasteiger charge is 2.21. The van der Waals surface area contributed by atoms with Gasteiger partial charge in [0.2, 0.25) is 0 Å². The number of halogens is 1. The molecule has 0 aromatic heterocycles. The molecule has 1 unspecified atom stereocenters. The van der Waals surface area contributed by atoms with E-state index >= 15 is 0 Å². The third-order valence-corrected chi connectivity index (χ3v) is 4.11. The number of ketones is 1. The minimum Gasteiger partial charge on any atom is -0.290 e. The van der Waals surface area contributed by atoms with E-state index in [1.54, 1.807) is 6.08 Å². The number of alkyl halides is 1. The van der Waals surface area contributed by atoms with Crippen LogP contribution in [0.4, 0.5) is 0 Å². The van der Waals surface area contributed by atoms with Crippen LogP contribution in [0, 0.1) is 5.41 Å². The third-order valence-electron chi connectivity index (χ3n) is 3.14. The maximum atomic E-state index is 11.8. The Kier molecular flexibility index (Phi) is 4.93. The van der Waals surface area contributed by atoms with Crippen molar-refractivity contribution < 1.29 is 4.79 Å². The first-order chi connectivity index (χ1) is 7.82. The lowest BCUT2D eigenvalue weighted by molar-refractivity contribution is -0.111. The zero-order valence-electron chi connectivity index (χ0n) is 10.9. The summed E-state index contributed by atoms with van der Waals surface area (Å²) in [5, 5.41) is 0. The van der Waals surface area contributed by atoms with Crippen LogP contribution in [0.15, 0.2) is 36.0 Å². The molecule has 0 aliphatic heterocycles. The summed E-state index contributed by atoms with van der Waals surface area (Å²) >= 11 is 3.69. The van der Waals surface area contributed by atoms with Gasteiger partial charge < -0.3 is 0 Å². The van der Waals surface area contributed by atoms with Gasteiger partial charge in [0.25, 0.3) is 0 Å². The highest BCUT2D eigenvalue weighted by Crippen LogP contribution is 2.32. The fourth-order valence-electron chi connectivity index (χ4n) is 1.84. The molecule has 2 heteroatoms. The molecule has 0 heterocycles. The molecule has 1 aliphatic rings. The van der Waals surface area contributed by atoms with E-state index in [1.165, 1.54) is 5.57 Å². The summed E-state index contributed by atoms with van der Waals surface area (Å²) in [7, 11) is 0. The van der Waals surface area contributed by atoms with Crippen molar-refractivity contribution >= 4 is 21.7 Å². The molecular formula is C15H21BrO. The number of carbonyl (C=O) groups is 1. The molecule has 0 N–H and O–H groups in total. The minimum absolute atomic E-state index is 0.0113. The van der Waals surface area contributed by atoms with Gasteiger partial charge >= 0.3 is 0 Å².